The van der Waals surface area contributed by atoms with Crippen molar-refractivity contribution in [3.63, 3.8) is 0 Å². The largest absolute Gasteiger partial charge is 0.497 e. The number of aromatic amines is 1. The van der Waals surface area contributed by atoms with Crippen LogP contribution < -0.4 is 10.1 Å². The lowest BCUT2D eigenvalue weighted by molar-refractivity contribution is 0.101. The molecule has 0 spiro atoms. The number of H-pyrrole nitrogens is 1. The van der Waals surface area contributed by atoms with Gasteiger partial charge in [-0.05, 0) is 41.0 Å². The normalized spacial score (nSPS) is 10.5. The van der Waals surface area contributed by atoms with Crippen molar-refractivity contribution in [3.8, 4) is 16.9 Å². The summed E-state index contributed by atoms with van der Waals surface area (Å²) in [6, 6.07) is 21.2. The van der Waals surface area contributed by atoms with E-state index in [9.17, 15) is 4.79 Å². The number of carbonyl (C=O) groups excluding carboxylic acids is 1. The van der Waals surface area contributed by atoms with Crippen LogP contribution in [0.2, 0.25) is 0 Å². The maximum absolute atomic E-state index is 12.5. The summed E-state index contributed by atoms with van der Waals surface area (Å²) in [4.78, 5) is 19.7. The second kappa shape index (κ2) is 8.35. The molecule has 2 aromatic carbocycles. The number of methoxy groups -OCH3 is 1. The van der Waals surface area contributed by atoms with E-state index in [0.717, 1.165) is 22.4 Å². The number of hydrogen-bond acceptors (Lipinski definition) is 5. The summed E-state index contributed by atoms with van der Waals surface area (Å²) in [6.07, 6.45) is 2.22. The number of rotatable bonds is 6. The molecule has 1 amide bonds. The van der Waals surface area contributed by atoms with Crippen molar-refractivity contribution in [1.82, 2.24) is 20.2 Å². The van der Waals surface area contributed by atoms with E-state index in [1.807, 2.05) is 60.7 Å². The van der Waals surface area contributed by atoms with Crippen LogP contribution in [0.3, 0.4) is 0 Å². The minimum atomic E-state index is -0.392. The number of amides is 1. The molecule has 7 heteroatoms. The Hall–Kier alpha value is -4.00. The average Bonchev–Trinajstić information content (AvgIpc) is 3.23. The van der Waals surface area contributed by atoms with Crippen LogP contribution in [0.15, 0.2) is 72.9 Å². The third-order valence-corrected chi connectivity index (χ3v) is 4.39. The third-order valence-electron chi connectivity index (χ3n) is 4.39. The van der Waals surface area contributed by atoms with Gasteiger partial charge < -0.3 is 15.0 Å². The quantitative estimate of drug-likeness (QED) is 0.528. The van der Waals surface area contributed by atoms with E-state index in [1.165, 1.54) is 0 Å². The number of hydrogen-bond donors (Lipinski definition) is 2. The fourth-order valence-electron chi connectivity index (χ4n) is 2.91. The average molecular weight is 385 g/mol. The highest BCUT2D eigenvalue weighted by atomic mass is 16.5. The van der Waals surface area contributed by atoms with E-state index in [0.29, 0.717) is 18.1 Å². The Labute approximate surface area is 167 Å². The fourth-order valence-corrected chi connectivity index (χ4v) is 2.91. The van der Waals surface area contributed by atoms with Crippen LogP contribution in [0.25, 0.3) is 11.1 Å². The van der Waals surface area contributed by atoms with Crippen molar-refractivity contribution < 1.29 is 9.53 Å². The highest BCUT2D eigenvalue weighted by Crippen LogP contribution is 2.23. The smallest absolute Gasteiger partial charge is 0.294 e. The molecule has 2 aromatic heterocycles. The lowest BCUT2D eigenvalue weighted by atomic mass is 10.1. The summed E-state index contributed by atoms with van der Waals surface area (Å²) in [6.45, 7) is 0. The predicted molar refractivity (Wildman–Crippen MR) is 110 cm³/mol. The van der Waals surface area contributed by atoms with Crippen LogP contribution in [0.1, 0.15) is 22.0 Å². The standard InChI is InChI=1S/C22H19N5O2/c1-29-18-9-7-16(8-10-18)17-11-12-23-19(14-17)25-22(28)21-24-20(26-27-21)13-15-5-3-2-4-6-15/h2-12,14H,13H2,1H3,(H,23,25,28)(H,24,26,27). The Kier molecular flexibility index (Phi) is 5.29. The molecule has 2 N–H and O–H groups in total. The SMILES string of the molecule is COc1ccc(-c2ccnc(NC(=O)c3nnc(Cc4ccccc4)[nH]3)c2)cc1. The van der Waals surface area contributed by atoms with Crippen LogP contribution in [0.4, 0.5) is 5.82 Å². The Morgan fingerprint density at radius 3 is 2.55 bits per heavy atom. The zero-order valence-electron chi connectivity index (χ0n) is 15.8. The number of nitrogens with one attached hydrogen (secondary N) is 2. The first-order valence-electron chi connectivity index (χ1n) is 9.08. The van der Waals surface area contributed by atoms with Crippen LogP contribution in [-0.2, 0) is 6.42 Å². The highest BCUT2D eigenvalue weighted by Gasteiger charge is 2.13. The minimum absolute atomic E-state index is 0.146. The summed E-state index contributed by atoms with van der Waals surface area (Å²) in [7, 11) is 1.63. The molecule has 0 unspecified atom stereocenters. The number of anilines is 1. The molecule has 0 fully saturated rings. The van der Waals surface area contributed by atoms with Gasteiger partial charge in [0, 0.05) is 12.6 Å². The van der Waals surface area contributed by atoms with Gasteiger partial charge >= 0.3 is 0 Å². The second-order valence-electron chi connectivity index (χ2n) is 6.40. The zero-order valence-corrected chi connectivity index (χ0v) is 15.8. The highest BCUT2D eigenvalue weighted by molar-refractivity contribution is 6.01. The fraction of sp³-hybridized carbons (Fsp3) is 0.0909. The number of ether oxygens (including phenoxy) is 1. The molecule has 0 radical (unpaired) electrons. The predicted octanol–water partition coefficient (Wildman–Crippen LogP) is 3.72. The Balaban J connectivity index is 1.46. The van der Waals surface area contributed by atoms with Gasteiger partial charge in [0.1, 0.15) is 17.4 Å². The first-order valence-corrected chi connectivity index (χ1v) is 9.08. The van der Waals surface area contributed by atoms with Gasteiger partial charge in [0.25, 0.3) is 5.91 Å². The van der Waals surface area contributed by atoms with Crippen molar-refractivity contribution >= 4 is 11.7 Å². The van der Waals surface area contributed by atoms with E-state index in [2.05, 4.69) is 25.5 Å². The number of aromatic nitrogens is 4. The molecular weight excluding hydrogens is 366 g/mol. The van der Waals surface area contributed by atoms with Crippen molar-refractivity contribution in [1.29, 1.82) is 0 Å². The van der Waals surface area contributed by atoms with Crippen LogP contribution in [0.5, 0.6) is 5.75 Å². The van der Waals surface area contributed by atoms with Crippen LogP contribution in [0, 0.1) is 0 Å². The molecule has 4 aromatic rings. The summed E-state index contributed by atoms with van der Waals surface area (Å²) in [5.74, 6) is 1.60. The maximum atomic E-state index is 12.5. The minimum Gasteiger partial charge on any atom is -0.497 e. The van der Waals surface area contributed by atoms with E-state index >= 15 is 0 Å². The third kappa shape index (κ3) is 4.47. The van der Waals surface area contributed by atoms with Gasteiger partial charge in [0.15, 0.2) is 0 Å². The Bertz CT molecular complexity index is 1110. The molecule has 2 heterocycles. The number of nitrogens with zero attached hydrogens (tertiary/aromatic N) is 3. The second-order valence-corrected chi connectivity index (χ2v) is 6.40. The molecular formula is C22H19N5O2. The lowest BCUT2D eigenvalue weighted by Crippen LogP contribution is -2.14. The summed E-state index contributed by atoms with van der Waals surface area (Å²) in [5.41, 5.74) is 3.01. The van der Waals surface area contributed by atoms with Crippen molar-refractivity contribution in [2.24, 2.45) is 0 Å². The molecule has 144 valence electrons. The van der Waals surface area contributed by atoms with Gasteiger partial charge in [-0.1, -0.05) is 42.5 Å². The van der Waals surface area contributed by atoms with E-state index in [4.69, 9.17) is 4.74 Å². The Morgan fingerprint density at radius 1 is 1.00 bits per heavy atom. The summed E-state index contributed by atoms with van der Waals surface area (Å²) >= 11 is 0. The van der Waals surface area contributed by atoms with Crippen molar-refractivity contribution in [2.75, 3.05) is 12.4 Å². The molecule has 7 nitrogen and oxygen atoms in total. The van der Waals surface area contributed by atoms with E-state index < -0.39 is 5.91 Å². The van der Waals surface area contributed by atoms with E-state index in [1.54, 1.807) is 19.4 Å². The van der Waals surface area contributed by atoms with Gasteiger partial charge in [0.2, 0.25) is 5.82 Å². The molecule has 0 bridgehead atoms. The monoisotopic (exact) mass is 385 g/mol. The molecule has 29 heavy (non-hydrogen) atoms. The first kappa shape index (κ1) is 18.4. The molecule has 0 saturated heterocycles. The molecule has 0 aliphatic heterocycles. The molecule has 0 aliphatic carbocycles. The summed E-state index contributed by atoms with van der Waals surface area (Å²) < 4.78 is 5.18. The van der Waals surface area contributed by atoms with Gasteiger partial charge in [-0.2, -0.15) is 0 Å². The number of pyridine rings is 1. The van der Waals surface area contributed by atoms with Crippen molar-refractivity contribution in [2.45, 2.75) is 6.42 Å². The lowest BCUT2D eigenvalue weighted by Gasteiger charge is -2.06. The van der Waals surface area contributed by atoms with Gasteiger partial charge in [-0.25, -0.2) is 4.98 Å². The van der Waals surface area contributed by atoms with Crippen molar-refractivity contribution in [3.05, 3.63) is 90.1 Å². The van der Waals surface area contributed by atoms with Gasteiger partial charge in [-0.3, -0.25) is 4.79 Å². The van der Waals surface area contributed by atoms with E-state index in [-0.39, 0.29) is 5.82 Å². The number of benzene rings is 2. The topological polar surface area (TPSA) is 92.8 Å². The Morgan fingerprint density at radius 2 is 1.79 bits per heavy atom. The van der Waals surface area contributed by atoms with Gasteiger partial charge in [-0.15, -0.1) is 10.2 Å². The van der Waals surface area contributed by atoms with Crippen LogP contribution >= 0.6 is 0 Å². The molecule has 0 aliphatic rings. The molecule has 0 saturated carbocycles. The number of carbonyl (C=O) groups is 1. The maximum Gasteiger partial charge on any atom is 0.294 e. The first-order chi connectivity index (χ1) is 14.2. The molecule has 4 rings (SSSR count). The van der Waals surface area contributed by atoms with Gasteiger partial charge in [0.05, 0.1) is 7.11 Å². The molecule has 0 atom stereocenters. The van der Waals surface area contributed by atoms with Crippen LogP contribution in [-0.4, -0.2) is 33.2 Å². The summed E-state index contributed by atoms with van der Waals surface area (Å²) in [5, 5.41) is 10.8. The zero-order chi connectivity index (χ0) is 20.1.